The van der Waals surface area contributed by atoms with E-state index in [0.717, 1.165) is 6.20 Å². The van der Waals surface area contributed by atoms with Crippen LogP contribution in [0.3, 0.4) is 0 Å². The second kappa shape index (κ2) is 4.97. The van der Waals surface area contributed by atoms with Crippen molar-refractivity contribution in [1.29, 1.82) is 0 Å². The average molecular weight is 268 g/mol. The van der Waals surface area contributed by atoms with Crippen molar-refractivity contribution in [3.8, 4) is 0 Å². The highest BCUT2D eigenvalue weighted by atomic mass is 35.5. The Kier molecular flexibility index (Phi) is 3.38. The Labute approximate surface area is 106 Å². The molecule has 0 radical (unpaired) electrons. The van der Waals surface area contributed by atoms with Crippen LogP contribution in [0.4, 0.5) is 15.9 Å². The van der Waals surface area contributed by atoms with Crippen molar-refractivity contribution in [2.24, 2.45) is 0 Å². The van der Waals surface area contributed by atoms with Gasteiger partial charge in [-0.1, -0.05) is 11.6 Å². The lowest BCUT2D eigenvalue weighted by Crippen LogP contribution is -2.05. The number of aromatic nitrogens is 2. The highest BCUT2D eigenvalue weighted by Gasteiger charge is 2.12. The summed E-state index contributed by atoms with van der Waals surface area (Å²) in [5.41, 5.74) is 0.218. The Morgan fingerprint density at radius 3 is 2.83 bits per heavy atom. The molecule has 2 heterocycles. The van der Waals surface area contributed by atoms with Gasteiger partial charge in [0.25, 0.3) is 0 Å². The average Bonchev–Trinajstić information content (AvgIpc) is 2.28. The van der Waals surface area contributed by atoms with E-state index >= 15 is 0 Å². The molecule has 92 valence electrons. The van der Waals surface area contributed by atoms with Crippen molar-refractivity contribution >= 4 is 29.1 Å². The standard InChI is InChI=1S/C11H7ClFN3O2/c12-9-2-1-8(11(17)18)10(16-9)15-7-3-6(13)4-14-5-7/h1-5H,(H,15,16)(H,17,18). The first-order chi connectivity index (χ1) is 8.56. The number of hydrogen-bond donors (Lipinski definition) is 2. The number of anilines is 2. The van der Waals surface area contributed by atoms with Gasteiger partial charge in [-0.2, -0.15) is 0 Å². The van der Waals surface area contributed by atoms with Gasteiger partial charge in [0, 0.05) is 6.07 Å². The summed E-state index contributed by atoms with van der Waals surface area (Å²) in [5.74, 6) is -1.67. The maximum atomic E-state index is 12.9. The molecule has 0 amide bonds. The fourth-order valence-corrected chi connectivity index (χ4v) is 1.47. The van der Waals surface area contributed by atoms with Crippen LogP contribution in [-0.4, -0.2) is 21.0 Å². The monoisotopic (exact) mass is 267 g/mol. The van der Waals surface area contributed by atoms with E-state index in [1.54, 1.807) is 0 Å². The minimum absolute atomic E-state index is 0.0300. The molecule has 0 atom stereocenters. The molecule has 0 spiro atoms. The van der Waals surface area contributed by atoms with Gasteiger partial charge in [-0.25, -0.2) is 14.2 Å². The molecule has 2 aromatic heterocycles. The van der Waals surface area contributed by atoms with Gasteiger partial charge in [0.05, 0.1) is 18.1 Å². The Morgan fingerprint density at radius 2 is 2.17 bits per heavy atom. The Balaban J connectivity index is 2.39. The lowest BCUT2D eigenvalue weighted by Gasteiger charge is -2.08. The molecular formula is C11H7ClFN3O2. The van der Waals surface area contributed by atoms with Gasteiger partial charge < -0.3 is 10.4 Å². The zero-order valence-electron chi connectivity index (χ0n) is 8.89. The predicted molar refractivity (Wildman–Crippen MR) is 63.7 cm³/mol. The SMILES string of the molecule is O=C(O)c1ccc(Cl)nc1Nc1cncc(F)c1. The second-order valence-corrected chi connectivity index (χ2v) is 3.74. The smallest absolute Gasteiger partial charge is 0.339 e. The fourth-order valence-electron chi connectivity index (χ4n) is 1.32. The summed E-state index contributed by atoms with van der Waals surface area (Å²) in [7, 11) is 0. The third-order valence-corrected chi connectivity index (χ3v) is 2.27. The molecule has 2 rings (SSSR count). The summed E-state index contributed by atoms with van der Waals surface area (Å²) in [5, 5.41) is 11.8. The van der Waals surface area contributed by atoms with E-state index in [1.807, 2.05) is 0 Å². The normalized spacial score (nSPS) is 10.1. The zero-order chi connectivity index (χ0) is 13.1. The van der Waals surface area contributed by atoms with E-state index in [2.05, 4.69) is 15.3 Å². The Bertz CT molecular complexity index is 607. The van der Waals surface area contributed by atoms with Crippen LogP contribution < -0.4 is 5.32 Å². The maximum absolute atomic E-state index is 12.9. The summed E-state index contributed by atoms with van der Waals surface area (Å²) in [4.78, 5) is 18.5. The van der Waals surface area contributed by atoms with Crippen molar-refractivity contribution in [2.75, 3.05) is 5.32 Å². The van der Waals surface area contributed by atoms with Crippen molar-refractivity contribution in [3.05, 3.63) is 47.1 Å². The molecule has 0 aliphatic rings. The number of hydrogen-bond acceptors (Lipinski definition) is 4. The van der Waals surface area contributed by atoms with Crippen molar-refractivity contribution in [1.82, 2.24) is 9.97 Å². The molecule has 2 aromatic rings. The molecule has 18 heavy (non-hydrogen) atoms. The van der Waals surface area contributed by atoms with E-state index in [0.29, 0.717) is 0 Å². The van der Waals surface area contributed by atoms with E-state index in [9.17, 15) is 9.18 Å². The summed E-state index contributed by atoms with van der Waals surface area (Å²) in [6, 6.07) is 3.84. The van der Waals surface area contributed by atoms with Crippen LogP contribution in [0.1, 0.15) is 10.4 Å². The van der Waals surface area contributed by atoms with E-state index in [-0.39, 0.29) is 22.2 Å². The number of carboxylic acids is 1. The van der Waals surface area contributed by atoms with Crippen LogP contribution in [0, 0.1) is 5.82 Å². The molecule has 0 aliphatic heterocycles. The number of halogens is 2. The number of carbonyl (C=O) groups is 1. The molecule has 7 heteroatoms. The van der Waals surface area contributed by atoms with E-state index in [4.69, 9.17) is 16.7 Å². The molecule has 2 N–H and O–H groups in total. The van der Waals surface area contributed by atoms with Crippen LogP contribution in [0.25, 0.3) is 0 Å². The molecule has 0 bridgehead atoms. The lowest BCUT2D eigenvalue weighted by molar-refractivity contribution is 0.0697. The van der Waals surface area contributed by atoms with Crippen molar-refractivity contribution < 1.29 is 14.3 Å². The van der Waals surface area contributed by atoms with Gasteiger partial charge in [-0.15, -0.1) is 0 Å². The first-order valence-electron chi connectivity index (χ1n) is 4.83. The molecule has 0 aromatic carbocycles. The molecule has 0 saturated carbocycles. The van der Waals surface area contributed by atoms with Gasteiger partial charge in [0.2, 0.25) is 0 Å². The second-order valence-electron chi connectivity index (χ2n) is 3.35. The third kappa shape index (κ3) is 2.72. The summed E-state index contributed by atoms with van der Waals surface area (Å²) in [6.07, 6.45) is 2.38. The molecule has 0 aliphatic carbocycles. The first-order valence-corrected chi connectivity index (χ1v) is 5.21. The van der Waals surface area contributed by atoms with E-state index < -0.39 is 11.8 Å². The van der Waals surface area contributed by atoms with Gasteiger partial charge in [-0.05, 0) is 12.1 Å². The zero-order valence-corrected chi connectivity index (χ0v) is 9.65. The van der Waals surface area contributed by atoms with Crippen LogP contribution in [0.5, 0.6) is 0 Å². The molecule has 0 saturated heterocycles. The number of nitrogens with zero attached hydrogens (tertiary/aromatic N) is 2. The Morgan fingerprint density at radius 1 is 1.39 bits per heavy atom. The van der Waals surface area contributed by atoms with Crippen LogP contribution in [0.15, 0.2) is 30.6 Å². The topological polar surface area (TPSA) is 75.1 Å². The van der Waals surface area contributed by atoms with Gasteiger partial charge in [0.15, 0.2) is 0 Å². The van der Waals surface area contributed by atoms with Gasteiger partial charge >= 0.3 is 5.97 Å². The Hall–Kier alpha value is -2.21. The molecular weight excluding hydrogens is 261 g/mol. The highest BCUT2D eigenvalue weighted by molar-refractivity contribution is 6.29. The summed E-state index contributed by atoms with van der Waals surface area (Å²) in [6.45, 7) is 0. The minimum atomic E-state index is -1.16. The van der Waals surface area contributed by atoms with Crippen LogP contribution in [-0.2, 0) is 0 Å². The first kappa shape index (κ1) is 12.3. The number of nitrogens with one attached hydrogen (secondary N) is 1. The summed E-state index contributed by atoms with van der Waals surface area (Å²) >= 11 is 5.69. The highest BCUT2D eigenvalue weighted by Crippen LogP contribution is 2.21. The maximum Gasteiger partial charge on any atom is 0.339 e. The molecule has 0 fully saturated rings. The third-order valence-electron chi connectivity index (χ3n) is 2.06. The fraction of sp³-hybridized carbons (Fsp3) is 0. The number of rotatable bonds is 3. The van der Waals surface area contributed by atoms with Crippen LogP contribution >= 0.6 is 11.6 Å². The number of carboxylic acid groups (broad SMARTS) is 1. The predicted octanol–water partition coefficient (Wildman–Crippen LogP) is 2.71. The van der Waals surface area contributed by atoms with Gasteiger partial charge in [0.1, 0.15) is 22.4 Å². The molecule has 5 nitrogen and oxygen atoms in total. The van der Waals surface area contributed by atoms with Crippen LogP contribution in [0.2, 0.25) is 5.15 Å². The number of aromatic carboxylic acids is 1. The summed E-state index contributed by atoms with van der Waals surface area (Å²) < 4.78 is 12.9. The lowest BCUT2D eigenvalue weighted by atomic mass is 10.2. The quantitative estimate of drug-likeness (QED) is 0.836. The van der Waals surface area contributed by atoms with Crippen molar-refractivity contribution in [2.45, 2.75) is 0 Å². The van der Waals surface area contributed by atoms with E-state index in [1.165, 1.54) is 24.4 Å². The minimum Gasteiger partial charge on any atom is -0.478 e. The number of pyridine rings is 2. The molecule has 0 unspecified atom stereocenters. The van der Waals surface area contributed by atoms with Crippen molar-refractivity contribution in [3.63, 3.8) is 0 Å². The van der Waals surface area contributed by atoms with Gasteiger partial charge in [-0.3, -0.25) is 4.98 Å². The largest absolute Gasteiger partial charge is 0.478 e.